The number of fused-ring (bicyclic) bond motifs is 1. The Morgan fingerprint density at radius 1 is 1.23 bits per heavy atom. The summed E-state index contributed by atoms with van der Waals surface area (Å²) in [7, 11) is 0. The number of nitrogens with zero attached hydrogens (tertiary/aromatic N) is 2. The van der Waals surface area contributed by atoms with E-state index in [1.54, 1.807) is 6.20 Å². The van der Waals surface area contributed by atoms with Gasteiger partial charge in [-0.1, -0.05) is 12.1 Å². The molecule has 0 saturated heterocycles. The minimum atomic E-state index is -0.927. The molecule has 1 saturated carbocycles. The quantitative estimate of drug-likeness (QED) is 0.742. The lowest BCUT2D eigenvalue weighted by Gasteiger charge is -2.10. The average molecular weight is 349 g/mol. The molecule has 1 aliphatic rings. The van der Waals surface area contributed by atoms with Crippen molar-refractivity contribution >= 4 is 22.8 Å². The van der Waals surface area contributed by atoms with Gasteiger partial charge in [-0.3, -0.25) is 14.3 Å². The van der Waals surface area contributed by atoms with Crippen molar-refractivity contribution in [2.75, 3.05) is 0 Å². The number of aromatic nitrogens is 2. The number of carbonyl (C=O) groups is 2. The number of rotatable bonds is 5. The number of nitrogens with one attached hydrogen (secondary N) is 1. The van der Waals surface area contributed by atoms with Gasteiger partial charge in [-0.15, -0.1) is 0 Å². The van der Waals surface area contributed by atoms with E-state index in [1.165, 1.54) is 4.68 Å². The highest BCUT2D eigenvalue weighted by molar-refractivity contribution is 5.96. The largest absolute Gasteiger partial charge is 0.480 e. The highest BCUT2D eigenvalue weighted by atomic mass is 16.4. The Kier molecular flexibility index (Phi) is 3.95. The fraction of sp³-hybridized carbons (Fsp3) is 0.250. The minimum absolute atomic E-state index is 0.0379. The SMILES string of the molecule is Cc1ccc(C(=O)NC2CC2)cc1-c1ccc2c(cnn2CC(=O)O)c1. The molecule has 1 fully saturated rings. The second kappa shape index (κ2) is 6.29. The maximum absolute atomic E-state index is 12.3. The number of hydrogen-bond acceptors (Lipinski definition) is 3. The normalized spacial score (nSPS) is 13.7. The zero-order chi connectivity index (χ0) is 18.3. The molecule has 132 valence electrons. The number of carbonyl (C=O) groups excluding carboxylic acids is 1. The first-order chi connectivity index (χ1) is 12.5. The fourth-order valence-electron chi connectivity index (χ4n) is 3.08. The summed E-state index contributed by atoms with van der Waals surface area (Å²) in [5, 5.41) is 17.0. The zero-order valence-electron chi connectivity index (χ0n) is 14.4. The van der Waals surface area contributed by atoms with Crippen molar-refractivity contribution in [1.82, 2.24) is 15.1 Å². The molecule has 2 N–H and O–H groups in total. The summed E-state index contributed by atoms with van der Waals surface area (Å²) in [4.78, 5) is 23.3. The van der Waals surface area contributed by atoms with E-state index in [1.807, 2.05) is 43.3 Å². The first-order valence-electron chi connectivity index (χ1n) is 8.60. The van der Waals surface area contributed by atoms with Crippen molar-refractivity contribution in [2.24, 2.45) is 0 Å². The Morgan fingerprint density at radius 2 is 2.04 bits per heavy atom. The van der Waals surface area contributed by atoms with E-state index in [0.717, 1.165) is 40.4 Å². The molecule has 2 aromatic carbocycles. The molecule has 0 unspecified atom stereocenters. The number of amides is 1. The summed E-state index contributed by atoms with van der Waals surface area (Å²) in [6.45, 7) is 1.84. The van der Waals surface area contributed by atoms with Gasteiger partial charge in [0.05, 0.1) is 11.7 Å². The lowest BCUT2D eigenvalue weighted by atomic mass is 9.97. The van der Waals surface area contributed by atoms with E-state index in [2.05, 4.69) is 10.4 Å². The van der Waals surface area contributed by atoms with Gasteiger partial charge in [-0.25, -0.2) is 0 Å². The van der Waals surface area contributed by atoms with Crippen LogP contribution < -0.4 is 5.32 Å². The van der Waals surface area contributed by atoms with Crippen LogP contribution in [0.25, 0.3) is 22.0 Å². The third-order valence-electron chi connectivity index (χ3n) is 4.65. The van der Waals surface area contributed by atoms with Gasteiger partial charge < -0.3 is 10.4 Å². The van der Waals surface area contributed by atoms with E-state index in [0.29, 0.717) is 11.6 Å². The summed E-state index contributed by atoms with van der Waals surface area (Å²) < 4.78 is 1.47. The van der Waals surface area contributed by atoms with Crippen LogP contribution in [0, 0.1) is 6.92 Å². The fourth-order valence-corrected chi connectivity index (χ4v) is 3.08. The van der Waals surface area contributed by atoms with Gasteiger partial charge in [0.2, 0.25) is 0 Å². The Bertz CT molecular complexity index is 1020. The number of aryl methyl sites for hydroxylation is 1. The van der Waals surface area contributed by atoms with Gasteiger partial charge >= 0.3 is 5.97 Å². The summed E-state index contributed by atoms with van der Waals surface area (Å²) >= 11 is 0. The standard InChI is InChI=1S/C20H19N3O3/c1-12-2-3-14(20(26)22-16-5-6-16)9-17(12)13-4-7-18-15(8-13)10-21-23(18)11-19(24)25/h2-4,7-10,16H,5-6,11H2,1H3,(H,22,26)(H,24,25). The summed E-state index contributed by atoms with van der Waals surface area (Å²) in [6.07, 6.45) is 3.78. The Labute approximate surface area is 150 Å². The van der Waals surface area contributed by atoms with Crippen LogP contribution in [0.1, 0.15) is 28.8 Å². The third kappa shape index (κ3) is 3.18. The van der Waals surface area contributed by atoms with E-state index >= 15 is 0 Å². The number of benzene rings is 2. The van der Waals surface area contributed by atoms with Crippen LogP contribution >= 0.6 is 0 Å². The molecule has 4 rings (SSSR count). The first kappa shape index (κ1) is 16.3. The molecule has 1 amide bonds. The van der Waals surface area contributed by atoms with Crippen molar-refractivity contribution < 1.29 is 14.7 Å². The van der Waals surface area contributed by atoms with Gasteiger partial charge in [-0.2, -0.15) is 5.10 Å². The zero-order valence-corrected chi connectivity index (χ0v) is 14.4. The van der Waals surface area contributed by atoms with Crippen LogP contribution in [0.5, 0.6) is 0 Å². The van der Waals surface area contributed by atoms with Gasteiger partial charge in [0.15, 0.2) is 0 Å². The lowest BCUT2D eigenvalue weighted by molar-refractivity contribution is -0.137. The Balaban J connectivity index is 1.69. The Hall–Kier alpha value is -3.15. The predicted octanol–water partition coefficient (Wildman–Crippen LogP) is 2.99. The molecule has 26 heavy (non-hydrogen) atoms. The van der Waals surface area contributed by atoms with Gasteiger partial charge in [0.1, 0.15) is 6.54 Å². The molecule has 1 aromatic heterocycles. The molecule has 0 atom stereocenters. The minimum Gasteiger partial charge on any atom is -0.480 e. The number of carboxylic acid groups (broad SMARTS) is 1. The van der Waals surface area contributed by atoms with E-state index in [9.17, 15) is 9.59 Å². The molecule has 1 aliphatic carbocycles. The van der Waals surface area contributed by atoms with Crippen LogP contribution in [0.15, 0.2) is 42.6 Å². The summed E-state index contributed by atoms with van der Waals surface area (Å²) in [6, 6.07) is 11.8. The molecule has 6 heteroatoms. The molecule has 0 bridgehead atoms. The molecule has 6 nitrogen and oxygen atoms in total. The van der Waals surface area contributed by atoms with E-state index < -0.39 is 5.97 Å². The van der Waals surface area contributed by atoms with Crippen molar-refractivity contribution in [1.29, 1.82) is 0 Å². The van der Waals surface area contributed by atoms with Crippen LogP contribution in [0.3, 0.4) is 0 Å². The van der Waals surface area contributed by atoms with Crippen LogP contribution in [0.4, 0.5) is 0 Å². The van der Waals surface area contributed by atoms with Crippen molar-refractivity contribution in [2.45, 2.75) is 32.4 Å². The third-order valence-corrected chi connectivity index (χ3v) is 4.65. The van der Waals surface area contributed by atoms with Crippen molar-refractivity contribution in [3.05, 3.63) is 53.7 Å². The lowest BCUT2D eigenvalue weighted by Crippen LogP contribution is -2.25. The smallest absolute Gasteiger partial charge is 0.325 e. The molecule has 0 spiro atoms. The topological polar surface area (TPSA) is 84.2 Å². The molecule has 3 aromatic rings. The predicted molar refractivity (Wildman–Crippen MR) is 98.0 cm³/mol. The second-order valence-electron chi connectivity index (χ2n) is 6.75. The average Bonchev–Trinajstić information content (AvgIpc) is 3.34. The molecule has 0 radical (unpaired) electrons. The molecule has 0 aliphatic heterocycles. The van der Waals surface area contributed by atoms with Crippen LogP contribution in [-0.2, 0) is 11.3 Å². The number of aliphatic carboxylic acids is 1. The number of carboxylic acids is 1. The molecular formula is C20H19N3O3. The highest BCUT2D eigenvalue weighted by Crippen LogP contribution is 2.28. The highest BCUT2D eigenvalue weighted by Gasteiger charge is 2.24. The van der Waals surface area contributed by atoms with Crippen molar-refractivity contribution in [3.63, 3.8) is 0 Å². The monoisotopic (exact) mass is 349 g/mol. The number of hydrogen-bond donors (Lipinski definition) is 2. The van der Waals surface area contributed by atoms with E-state index in [4.69, 9.17) is 5.11 Å². The van der Waals surface area contributed by atoms with Crippen LogP contribution in [-0.4, -0.2) is 32.8 Å². The van der Waals surface area contributed by atoms with Gasteiger partial charge in [0, 0.05) is 17.0 Å². The van der Waals surface area contributed by atoms with Crippen molar-refractivity contribution in [3.8, 4) is 11.1 Å². The van der Waals surface area contributed by atoms with Gasteiger partial charge in [-0.05, 0) is 60.7 Å². The first-order valence-corrected chi connectivity index (χ1v) is 8.60. The maximum Gasteiger partial charge on any atom is 0.325 e. The summed E-state index contributed by atoms with van der Waals surface area (Å²) in [5.41, 5.74) is 4.47. The molecule has 1 heterocycles. The second-order valence-corrected chi connectivity index (χ2v) is 6.75. The van der Waals surface area contributed by atoms with Crippen LogP contribution in [0.2, 0.25) is 0 Å². The van der Waals surface area contributed by atoms with E-state index in [-0.39, 0.29) is 12.5 Å². The maximum atomic E-state index is 12.3. The van der Waals surface area contributed by atoms with Gasteiger partial charge in [0.25, 0.3) is 5.91 Å². The Morgan fingerprint density at radius 3 is 2.77 bits per heavy atom. The summed E-state index contributed by atoms with van der Waals surface area (Å²) in [5.74, 6) is -0.964. The molecular weight excluding hydrogens is 330 g/mol.